The Labute approximate surface area is 173 Å². The van der Waals surface area contributed by atoms with Gasteiger partial charge in [-0.05, 0) is 24.6 Å². The molecule has 0 bridgehead atoms. The summed E-state index contributed by atoms with van der Waals surface area (Å²) in [5.74, 6) is 1.52. The smallest absolute Gasteiger partial charge is 0.329 e. The largest absolute Gasteiger partial charge is 0.493 e. The third kappa shape index (κ3) is 3.26. The van der Waals surface area contributed by atoms with Gasteiger partial charge in [-0.2, -0.15) is 0 Å². The third-order valence-electron chi connectivity index (χ3n) is 5.06. The maximum atomic E-state index is 12.7. The Morgan fingerprint density at radius 2 is 1.67 bits per heavy atom. The zero-order valence-electron chi connectivity index (χ0n) is 17.2. The first-order chi connectivity index (χ1) is 14.6. The first kappa shape index (κ1) is 19.5. The molecule has 0 saturated carbocycles. The Morgan fingerprint density at radius 3 is 2.27 bits per heavy atom. The van der Waals surface area contributed by atoms with Crippen LogP contribution in [-0.2, 0) is 0 Å². The second-order valence-corrected chi connectivity index (χ2v) is 6.73. The third-order valence-corrected chi connectivity index (χ3v) is 5.06. The molecule has 30 heavy (non-hydrogen) atoms. The van der Waals surface area contributed by atoms with Crippen molar-refractivity contribution in [1.29, 1.82) is 0 Å². The van der Waals surface area contributed by atoms with Crippen LogP contribution < -0.4 is 19.9 Å². The number of ether oxygens (including phenoxy) is 3. The van der Waals surface area contributed by atoms with Gasteiger partial charge < -0.3 is 14.2 Å². The summed E-state index contributed by atoms with van der Waals surface area (Å²) in [7, 11) is 4.66. The fraction of sp³-hybridized carbons (Fsp3) is 0.227. The van der Waals surface area contributed by atoms with Gasteiger partial charge in [0.05, 0.1) is 39.3 Å². The molecule has 0 fully saturated rings. The van der Waals surface area contributed by atoms with Crippen molar-refractivity contribution >= 4 is 11.3 Å². The minimum absolute atomic E-state index is 0.211. The molecule has 1 N–H and O–H groups in total. The van der Waals surface area contributed by atoms with Crippen LogP contribution in [0.1, 0.15) is 18.5 Å². The molecule has 0 amide bonds. The average Bonchev–Trinajstić information content (AvgIpc) is 3.12. The molecule has 1 atom stereocenters. The molecular formula is C22H22N4O4. The van der Waals surface area contributed by atoms with Crippen LogP contribution in [0.3, 0.4) is 0 Å². The van der Waals surface area contributed by atoms with E-state index in [1.807, 2.05) is 37.3 Å². The molecule has 0 aliphatic rings. The number of H-pyrrole nitrogens is 1. The number of nitrogens with zero attached hydrogens (tertiary/aromatic N) is 3. The Balaban J connectivity index is 1.88. The second kappa shape index (κ2) is 7.90. The van der Waals surface area contributed by atoms with Crippen molar-refractivity contribution in [1.82, 2.24) is 19.5 Å². The quantitative estimate of drug-likeness (QED) is 0.528. The van der Waals surface area contributed by atoms with Crippen LogP contribution in [0.25, 0.3) is 22.6 Å². The van der Waals surface area contributed by atoms with Gasteiger partial charge in [0.1, 0.15) is 0 Å². The van der Waals surface area contributed by atoms with Crippen molar-refractivity contribution in [3.63, 3.8) is 0 Å². The SMILES string of the molecule is COc1cc(-c2cnc3[nH]c(=O)n(C(C)c4ccccc4)c3n2)cc(OC)c1OC. The van der Waals surface area contributed by atoms with E-state index in [4.69, 9.17) is 19.2 Å². The molecule has 8 heteroatoms. The number of fused-ring (bicyclic) bond motifs is 1. The van der Waals surface area contributed by atoms with Gasteiger partial charge >= 0.3 is 5.69 Å². The molecule has 0 aliphatic heterocycles. The normalized spacial score (nSPS) is 12.0. The first-order valence-corrected chi connectivity index (χ1v) is 9.40. The Hall–Kier alpha value is -3.81. The van der Waals surface area contributed by atoms with E-state index in [2.05, 4.69) is 9.97 Å². The molecular weight excluding hydrogens is 384 g/mol. The molecule has 4 aromatic rings. The van der Waals surface area contributed by atoms with Crippen LogP contribution in [0.5, 0.6) is 17.2 Å². The van der Waals surface area contributed by atoms with Crippen LogP contribution in [0.15, 0.2) is 53.5 Å². The Morgan fingerprint density at radius 1 is 1.00 bits per heavy atom. The highest BCUT2D eigenvalue weighted by atomic mass is 16.5. The number of aromatic nitrogens is 4. The maximum absolute atomic E-state index is 12.7. The summed E-state index contributed by atoms with van der Waals surface area (Å²) in [6.07, 6.45) is 1.61. The number of benzene rings is 2. The van der Waals surface area contributed by atoms with Crippen LogP contribution in [-0.4, -0.2) is 40.8 Å². The first-order valence-electron chi connectivity index (χ1n) is 9.40. The molecule has 154 valence electrons. The summed E-state index contributed by atoms with van der Waals surface area (Å²) in [5.41, 5.74) is 2.95. The molecule has 4 rings (SSSR count). The van der Waals surface area contributed by atoms with Crippen molar-refractivity contribution in [2.24, 2.45) is 0 Å². The lowest BCUT2D eigenvalue weighted by atomic mass is 10.1. The Kier molecular flexibility index (Phi) is 5.14. The summed E-state index contributed by atoms with van der Waals surface area (Å²) in [5, 5.41) is 0. The van der Waals surface area contributed by atoms with Crippen LogP contribution in [0, 0.1) is 0 Å². The predicted molar refractivity (Wildman–Crippen MR) is 113 cm³/mol. The second-order valence-electron chi connectivity index (χ2n) is 6.73. The highest BCUT2D eigenvalue weighted by Gasteiger charge is 2.19. The van der Waals surface area contributed by atoms with Crippen LogP contribution in [0.4, 0.5) is 0 Å². The summed E-state index contributed by atoms with van der Waals surface area (Å²) < 4.78 is 17.9. The van der Waals surface area contributed by atoms with Gasteiger partial charge in [-0.3, -0.25) is 9.55 Å². The lowest BCUT2D eigenvalue weighted by Gasteiger charge is -2.15. The molecule has 2 aromatic carbocycles. The van der Waals surface area contributed by atoms with E-state index < -0.39 is 0 Å². The number of nitrogens with one attached hydrogen (secondary N) is 1. The molecule has 2 heterocycles. The van der Waals surface area contributed by atoms with Crippen molar-refractivity contribution in [2.75, 3.05) is 21.3 Å². The predicted octanol–water partition coefficient (Wildman–Crippen LogP) is 3.42. The van der Waals surface area contributed by atoms with E-state index in [0.717, 1.165) is 11.1 Å². The summed E-state index contributed by atoms with van der Waals surface area (Å²) in [6, 6.07) is 13.2. The number of rotatable bonds is 6. The topological polar surface area (TPSA) is 91.3 Å². The van der Waals surface area contributed by atoms with E-state index in [1.165, 1.54) is 0 Å². The van der Waals surface area contributed by atoms with Gasteiger partial charge in [-0.1, -0.05) is 30.3 Å². The van der Waals surface area contributed by atoms with Gasteiger partial charge in [0, 0.05) is 5.56 Å². The average molecular weight is 406 g/mol. The number of aromatic amines is 1. The van der Waals surface area contributed by atoms with Crippen molar-refractivity contribution in [2.45, 2.75) is 13.0 Å². The number of hydrogen-bond acceptors (Lipinski definition) is 6. The standard InChI is InChI=1S/C22H22N4O4/c1-13(14-8-6-5-7-9-14)26-21-20(25-22(26)27)23-12-16(24-21)15-10-17(28-2)19(30-4)18(11-15)29-3/h5-13H,1-4H3,(H,23,25,27). The lowest BCUT2D eigenvalue weighted by molar-refractivity contribution is 0.324. The molecule has 0 radical (unpaired) electrons. The van der Waals surface area contributed by atoms with Crippen molar-refractivity contribution in [3.05, 3.63) is 64.7 Å². The van der Waals surface area contributed by atoms with E-state index in [-0.39, 0.29) is 11.7 Å². The molecule has 8 nitrogen and oxygen atoms in total. The Bertz CT molecular complexity index is 1220. The minimum Gasteiger partial charge on any atom is -0.493 e. The van der Waals surface area contributed by atoms with E-state index in [0.29, 0.717) is 34.2 Å². The van der Waals surface area contributed by atoms with Crippen molar-refractivity contribution < 1.29 is 14.2 Å². The minimum atomic E-state index is -0.261. The van der Waals surface area contributed by atoms with Gasteiger partial charge in [-0.15, -0.1) is 0 Å². The van der Waals surface area contributed by atoms with E-state index in [9.17, 15) is 4.79 Å². The van der Waals surface area contributed by atoms with Crippen molar-refractivity contribution in [3.8, 4) is 28.5 Å². The highest BCUT2D eigenvalue weighted by Crippen LogP contribution is 2.40. The zero-order valence-corrected chi connectivity index (χ0v) is 17.2. The molecule has 0 spiro atoms. The summed E-state index contributed by atoms with van der Waals surface area (Å²) in [6.45, 7) is 1.96. The maximum Gasteiger partial charge on any atom is 0.329 e. The molecule has 0 saturated heterocycles. The molecule has 0 aliphatic carbocycles. The highest BCUT2D eigenvalue weighted by molar-refractivity contribution is 5.74. The fourth-order valence-electron chi connectivity index (χ4n) is 3.50. The summed E-state index contributed by atoms with van der Waals surface area (Å²) >= 11 is 0. The van der Waals surface area contributed by atoms with Crippen LogP contribution >= 0.6 is 0 Å². The van der Waals surface area contributed by atoms with E-state index >= 15 is 0 Å². The van der Waals surface area contributed by atoms with E-state index in [1.54, 1.807) is 44.2 Å². The van der Waals surface area contributed by atoms with Gasteiger partial charge in [0.25, 0.3) is 0 Å². The van der Waals surface area contributed by atoms with Gasteiger partial charge in [0.15, 0.2) is 22.8 Å². The number of methoxy groups -OCH3 is 3. The fourth-order valence-corrected chi connectivity index (χ4v) is 3.50. The number of imidazole rings is 1. The number of hydrogen-bond donors (Lipinski definition) is 1. The lowest BCUT2D eigenvalue weighted by Crippen LogP contribution is -2.21. The monoisotopic (exact) mass is 406 g/mol. The molecule has 1 unspecified atom stereocenters. The van der Waals surface area contributed by atoms with Gasteiger partial charge in [-0.25, -0.2) is 14.8 Å². The van der Waals surface area contributed by atoms with Gasteiger partial charge in [0.2, 0.25) is 5.75 Å². The molecule has 2 aromatic heterocycles. The summed E-state index contributed by atoms with van der Waals surface area (Å²) in [4.78, 5) is 24.6. The van der Waals surface area contributed by atoms with Crippen LogP contribution in [0.2, 0.25) is 0 Å². The zero-order chi connectivity index (χ0) is 21.3.